The number of nitrogens with zero attached hydrogens (tertiary/aromatic N) is 2. The van der Waals surface area contributed by atoms with Crippen LogP contribution in [-0.4, -0.2) is 59.7 Å². The number of alkyl halides is 3. The molecule has 42 heavy (non-hydrogen) atoms. The zero-order valence-corrected chi connectivity index (χ0v) is 23.5. The van der Waals surface area contributed by atoms with Crippen molar-refractivity contribution in [3.8, 4) is 0 Å². The van der Waals surface area contributed by atoms with E-state index in [1.807, 2.05) is 4.90 Å². The minimum Gasteiger partial charge on any atom is -0.341 e. The number of rotatable bonds is 7. The first kappa shape index (κ1) is 30.0. The van der Waals surface area contributed by atoms with E-state index in [9.17, 15) is 36.3 Å². The molecular weight excluding hydrogens is 557 g/mol. The molecule has 226 valence electrons. The third-order valence-electron chi connectivity index (χ3n) is 8.96. The molecule has 3 amide bonds. The molecule has 3 fully saturated rings. The first-order chi connectivity index (χ1) is 19.8. The van der Waals surface area contributed by atoms with Crippen LogP contribution in [0, 0.1) is 28.9 Å². The van der Waals surface area contributed by atoms with Gasteiger partial charge in [0.25, 0.3) is 5.91 Å². The average Bonchev–Trinajstić information content (AvgIpc) is 3.73. The van der Waals surface area contributed by atoms with Crippen molar-refractivity contribution in [1.82, 2.24) is 15.1 Å². The highest BCUT2D eigenvalue weighted by Gasteiger charge is 2.56. The van der Waals surface area contributed by atoms with Gasteiger partial charge < -0.3 is 15.1 Å². The van der Waals surface area contributed by atoms with Crippen LogP contribution in [0.25, 0.3) is 0 Å². The van der Waals surface area contributed by atoms with Crippen molar-refractivity contribution in [3.05, 3.63) is 70.8 Å². The molecule has 2 atom stereocenters. The van der Waals surface area contributed by atoms with Crippen molar-refractivity contribution in [2.24, 2.45) is 17.3 Å². The molecule has 5 rings (SSSR count). The smallest absolute Gasteiger partial charge is 0.341 e. The van der Waals surface area contributed by atoms with Crippen LogP contribution in [0.4, 0.5) is 22.0 Å². The van der Waals surface area contributed by atoms with Crippen LogP contribution in [0.5, 0.6) is 0 Å². The number of piperidine rings is 1. The maximum atomic E-state index is 14.4. The van der Waals surface area contributed by atoms with E-state index in [2.05, 4.69) is 5.32 Å². The lowest BCUT2D eigenvalue weighted by Crippen LogP contribution is -2.55. The third kappa shape index (κ3) is 5.87. The quantitative estimate of drug-likeness (QED) is 0.440. The minimum absolute atomic E-state index is 0.0459. The normalized spacial score (nSPS) is 21.2. The van der Waals surface area contributed by atoms with Gasteiger partial charge in [0.1, 0.15) is 17.7 Å². The van der Waals surface area contributed by atoms with Crippen LogP contribution in [0.1, 0.15) is 66.9 Å². The van der Waals surface area contributed by atoms with Crippen molar-refractivity contribution in [3.63, 3.8) is 0 Å². The molecule has 6 nitrogen and oxygen atoms in total. The van der Waals surface area contributed by atoms with Crippen LogP contribution in [0.15, 0.2) is 42.5 Å². The Bertz CT molecular complexity index is 1350. The first-order valence-corrected chi connectivity index (χ1v) is 14.3. The molecule has 11 heteroatoms. The number of likely N-dealkylation sites (tertiary alicyclic amines) is 2. The van der Waals surface area contributed by atoms with Crippen molar-refractivity contribution in [2.75, 3.05) is 26.2 Å². The van der Waals surface area contributed by atoms with E-state index in [0.29, 0.717) is 50.0 Å². The van der Waals surface area contributed by atoms with Gasteiger partial charge in [0.2, 0.25) is 11.8 Å². The van der Waals surface area contributed by atoms with Gasteiger partial charge in [-0.25, -0.2) is 8.78 Å². The largest absolute Gasteiger partial charge is 0.416 e. The van der Waals surface area contributed by atoms with Crippen molar-refractivity contribution in [1.29, 1.82) is 0 Å². The number of benzene rings is 2. The number of nitrogens with one attached hydrogen (secondary N) is 1. The highest BCUT2D eigenvalue weighted by Crippen LogP contribution is 2.51. The zero-order valence-electron chi connectivity index (χ0n) is 23.5. The molecule has 1 aliphatic carbocycles. The molecule has 1 N–H and O–H groups in total. The number of carbonyl (C=O) groups is 3. The summed E-state index contributed by atoms with van der Waals surface area (Å²) in [5.74, 6) is -3.11. The van der Waals surface area contributed by atoms with Gasteiger partial charge in [-0.15, -0.1) is 0 Å². The highest BCUT2D eigenvalue weighted by atomic mass is 19.4. The van der Waals surface area contributed by atoms with E-state index in [-0.39, 0.29) is 30.7 Å². The van der Waals surface area contributed by atoms with Crippen LogP contribution < -0.4 is 5.32 Å². The van der Waals surface area contributed by atoms with Crippen LogP contribution >= 0.6 is 0 Å². The summed E-state index contributed by atoms with van der Waals surface area (Å²) in [5, 5.41) is 2.45. The summed E-state index contributed by atoms with van der Waals surface area (Å²) < 4.78 is 67.5. The first-order valence-electron chi connectivity index (χ1n) is 14.3. The fourth-order valence-corrected chi connectivity index (χ4v) is 6.32. The standard InChI is InChI=1S/C31H34F5N3O3/c1-18(2)26(37-27(40)23-15-21(31(34,35)36)7-10-25(23)33)28(41)38-13-11-30(12-14-38)24(20-5-8-22(32)9-6-20)17-39(29(30)42)16-19-3-4-19/h5-10,15,18-19,24,26H,3-4,11-14,16-17H2,1-2H3,(H,37,40)/t24?,26-/m1/s1. The Morgan fingerprint density at radius 3 is 2.24 bits per heavy atom. The monoisotopic (exact) mass is 591 g/mol. The molecule has 0 bridgehead atoms. The molecule has 2 aromatic carbocycles. The van der Waals surface area contributed by atoms with Gasteiger partial charge >= 0.3 is 6.18 Å². The second-order valence-electron chi connectivity index (χ2n) is 12.1. The average molecular weight is 592 g/mol. The molecule has 1 saturated carbocycles. The maximum Gasteiger partial charge on any atom is 0.416 e. The summed E-state index contributed by atoms with van der Waals surface area (Å²) in [5.41, 5.74) is -1.84. The highest BCUT2D eigenvalue weighted by molar-refractivity contribution is 5.98. The molecule has 0 aromatic heterocycles. The van der Waals surface area contributed by atoms with Gasteiger partial charge in [-0.05, 0) is 73.4 Å². The Kier molecular flexibility index (Phi) is 8.06. The Balaban J connectivity index is 1.32. The summed E-state index contributed by atoms with van der Waals surface area (Å²) in [4.78, 5) is 43.8. The van der Waals surface area contributed by atoms with Crippen molar-refractivity contribution in [2.45, 2.75) is 57.7 Å². The lowest BCUT2D eigenvalue weighted by atomic mass is 9.68. The summed E-state index contributed by atoms with van der Waals surface area (Å²) >= 11 is 0. The van der Waals surface area contributed by atoms with Crippen LogP contribution in [-0.2, 0) is 15.8 Å². The number of carbonyl (C=O) groups excluding carboxylic acids is 3. The van der Waals surface area contributed by atoms with E-state index in [0.717, 1.165) is 18.4 Å². The lowest BCUT2D eigenvalue weighted by molar-refractivity contribution is -0.144. The number of amides is 3. The molecule has 2 aliphatic heterocycles. The second-order valence-corrected chi connectivity index (χ2v) is 12.1. The Labute approximate surface area is 241 Å². The van der Waals surface area contributed by atoms with Gasteiger partial charge in [0, 0.05) is 32.1 Å². The molecule has 0 radical (unpaired) electrons. The fraction of sp³-hybridized carbons (Fsp3) is 0.516. The summed E-state index contributed by atoms with van der Waals surface area (Å²) in [6.07, 6.45) is -1.83. The molecule has 2 saturated heterocycles. The van der Waals surface area contributed by atoms with Crippen LogP contribution in [0.2, 0.25) is 0 Å². The Morgan fingerprint density at radius 1 is 1.02 bits per heavy atom. The van der Waals surface area contributed by atoms with E-state index in [1.54, 1.807) is 30.9 Å². The Hall–Kier alpha value is -3.50. The number of hydrogen-bond acceptors (Lipinski definition) is 3. The predicted molar refractivity (Wildman–Crippen MR) is 144 cm³/mol. The molecule has 1 unspecified atom stereocenters. The second kappa shape index (κ2) is 11.3. The zero-order chi connectivity index (χ0) is 30.4. The lowest BCUT2D eigenvalue weighted by Gasteiger charge is -2.42. The molecular formula is C31H34F5N3O3. The maximum absolute atomic E-state index is 14.4. The van der Waals surface area contributed by atoms with Gasteiger partial charge in [0.15, 0.2) is 0 Å². The SMILES string of the molecule is CC(C)[C@@H](NC(=O)c1cc(C(F)(F)F)ccc1F)C(=O)N1CCC2(CC1)C(=O)N(CC1CC1)CC2c1ccc(F)cc1. The van der Waals surface area contributed by atoms with Crippen LogP contribution in [0.3, 0.4) is 0 Å². The van der Waals surface area contributed by atoms with E-state index in [1.165, 1.54) is 12.1 Å². The van der Waals surface area contributed by atoms with Gasteiger partial charge in [0.05, 0.1) is 16.5 Å². The summed E-state index contributed by atoms with van der Waals surface area (Å²) in [6, 6.07) is 6.66. The molecule has 2 heterocycles. The third-order valence-corrected chi connectivity index (χ3v) is 8.96. The van der Waals surface area contributed by atoms with Crippen molar-refractivity contribution >= 4 is 17.7 Å². The van der Waals surface area contributed by atoms with Gasteiger partial charge in [-0.1, -0.05) is 26.0 Å². The van der Waals surface area contributed by atoms with Gasteiger partial charge in [-0.3, -0.25) is 14.4 Å². The summed E-state index contributed by atoms with van der Waals surface area (Å²) in [7, 11) is 0. The van der Waals surface area contributed by atoms with E-state index < -0.39 is 52.3 Å². The summed E-state index contributed by atoms with van der Waals surface area (Å²) in [6.45, 7) is 5.04. The number of hydrogen-bond donors (Lipinski definition) is 1. The molecule has 1 spiro atoms. The van der Waals surface area contributed by atoms with E-state index >= 15 is 0 Å². The fourth-order valence-electron chi connectivity index (χ4n) is 6.32. The van der Waals surface area contributed by atoms with Crippen molar-refractivity contribution < 1.29 is 36.3 Å². The van der Waals surface area contributed by atoms with Gasteiger partial charge in [-0.2, -0.15) is 13.2 Å². The minimum atomic E-state index is -4.77. The predicted octanol–water partition coefficient (Wildman–Crippen LogP) is 5.38. The number of halogens is 5. The Morgan fingerprint density at radius 2 is 1.67 bits per heavy atom. The van der Waals surface area contributed by atoms with E-state index in [4.69, 9.17) is 0 Å². The molecule has 2 aromatic rings. The topological polar surface area (TPSA) is 69.7 Å². The molecule has 3 aliphatic rings.